The lowest BCUT2D eigenvalue weighted by Crippen LogP contribution is -2.43. The molecular weight excluding hydrogens is 240 g/mol. The Morgan fingerprint density at radius 1 is 1.06 bits per heavy atom. The van der Waals surface area contributed by atoms with E-state index in [4.69, 9.17) is 25.2 Å². The van der Waals surface area contributed by atoms with Crippen molar-refractivity contribution in [3.05, 3.63) is 25.3 Å². The third-order valence-electron chi connectivity index (χ3n) is 1.80. The van der Waals surface area contributed by atoms with E-state index >= 15 is 0 Å². The van der Waals surface area contributed by atoms with Crippen molar-refractivity contribution in [2.75, 3.05) is 13.2 Å². The molecule has 0 radical (unpaired) electrons. The fourth-order valence-electron chi connectivity index (χ4n) is 0.803. The largest absolute Gasteiger partial charge is 0.391 e. The molecule has 0 heterocycles. The van der Waals surface area contributed by atoms with Crippen LogP contribution in [-0.2, 0) is 9.53 Å². The fourth-order valence-corrected chi connectivity index (χ4v) is 0.803. The Morgan fingerprint density at radius 2 is 1.50 bits per heavy atom. The van der Waals surface area contributed by atoms with Gasteiger partial charge in [-0.1, -0.05) is 12.2 Å². The van der Waals surface area contributed by atoms with E-state index in [2.05, 4.69) is 13.2 Å². The summed E-state index contributed by atoms with van der Waals surface area (Å²) in [4.78, 5) is 9.87. The zero-order chi connectivity index (χ0) is 14.6. The molecule has 0 amide bonds. The quantitative estimate of drug-likeness (QED) is 0.254. The minimum Gasteiger partial charge on any atom is -0.391 e. The molecule has 0 aromatic carbocycles. The summed E-state index contributed by atoms with van der Waals surface area (Å²) in [6, 6.07) is 0. The molecule has 0 bridgehead atoms. The maximum absolute atomic E-state index is 9.87. The van der Waals surface area contributed by atoms with Crippen LogP contribution in [0.5, 0.6) is 0 Å². The number of aliphatic hydroxyl groups excluding tert-OH is 4. The van der Waals surface area contributed by atoms with Crippen molar-refractivity contribution in [2.24, 2.45) is 0 Å². The molecule has 0 aliphatic carbocycles. The molecule has 4 atom stereocenters. The number of carbonyl (C=O) groups is 1. The Kier molecular flexibility index (Phi) is 13.3. The van der Waals surface area contributed by atoms with Gasteiger partial charge >= 0.3 is 0 Å². The van der Waals surface area contributed by atoms with Crippen LogP contribution in [0, 0.1) is 0 Å². The van der Waals surface area contributed by atoms with Crippen molar-refractivity contribution in [3.8, 4) is 0 Å². The molecular formula is C12H22O6. The molecule has 4 N–H and O–H groups in total. The normalized spacial score (nSPS) is 16.5. The zero-order valence-electron chi connectivity index (χ0n) is 10.5. The van der Waals surface area contributed by atoms with E-state index < -0.39 is 24.4 Å². The lowest BCUT2D eigenvalue weighted by molar-refractivity contribution is -0.132. The standard InChI is InChI=1S/C6H12O5.C6H10O/c1-3(8)5(10)6(11)4(9)2-7;1-3-5-7-6-4-2/h2-6,8-11H,1H3;3-4H,1-2,5-6H2/t3-,4-,5-,6-;/m0./s1. The van der Waals surface area contributed by atoms with Crippen LogP contribution in [0.1, 0.15) is 6.92 Å². The van der Waals surface area contributed by atoms with E-state index in [1.165, 1.54) is 6.92 Å². The van der Waals surface area contributed by atoms with Gasteiger partial charge in [0, 0.05) is 0 Å². The van der Waals surface area contributed by atoms with Gasteiger partial charge in [0.2, 0.25) is 0 Å². The summed E-state index contributed by atoms with van der Waals surface area (Å²) in [6.07, 6.45) is -2.45. The Labute approximate surface area is 107 Å². The molecule has 0 rings (SSSR count). The second kappa shape index (κ2) is 12.4. The number of ether oxygens (including phenoxy) is 1. The summed E-state index contributed by atoms with van der Waals surface area (Å²) in [7, 11) is 0. The van der Waals surface area contributed by atoms with Crippen molar-refractivity contribution in [1.82, 2.24) is 0 Å². The number of carbonyl (C=O) groups excluding carboxylic acids is 1. The van der Waals surface area contributed by atoms with Gasteiger partial charge in [-0.2, -0.15) is 0 Å². The molecule has 0 aromatic heterocycles. The molecule has 0 fully saturated rings. The summed E-state index contributed by atoms with van der Waals surface area (Å²) >= 11 is 0. The fraction of sp³-hybridized carbons (Fsp3) is 0.583. The first-order valence-corrected chi connectivity index (χ1v) is 5.39. The number of aldehydes is 1. The number of rotatable bonds is 8. The van der Waals surface area contributed by atoms with Gasteiger partial charge in [-0.05, 0) is 6.92 Å². The van der Waals surface area contributed by atoms with Crippen LogP contribution in [-0.4, -0.2) is 64.3 Å². The van der Waals surface area contributed by atoms with Crippen molar-refractivity contribution >= 4 is 6.29 Å². The van der Waals surface area contributed by atoms with Crippen LogP contribution in [0.4, 0.5) is 0 Å². The van der Waals surface area contributed by atoms with Crippen molar-refractivity contribution < 1.29 is 30.0 Å². The number of hydrogen-bond acceptors (Lipinski definition) is 6. The summed E-state index contributed by atoms with van der Waals surface area (Å²) < 4.78 is 4.90. The van der Waals surface area contributed by atoms with E-state index in [9.17, 15) is 4.79 Å². The Hall–Kier alpha value is -1.05. The summed E-state index contributed by atoms with van der Waals surface area (Å²) in [5, 5.41) is 35.1. The van der Waals surface area contributed by atoms with Crippen molar-refractivity contribution in [1.29, 1.82) is 0 Å². The Morgan fingerprint density at radius 3 is 1.78 bits per heavy atom. The highest BCUT2D eigenvalue weighted by atomic mass is 16.5. The van der Waals surface area contributed by atoms with Gasteiger partial charge in [-0.15, -0.1) is 13.2 Å². The van der Waals surface area contributed by atoms with Crippen LogP contribution in [0.15, 0.2) is 25.3 Å². The molecule has 0 saturated heterocycles. The molecule has 0 aliphatic rings. The van der Waals surface area contributed by atoms with Crippen LogP contribution in [0.25, 0.3) is 0 Å². The van der Waals surface area contributed by atoms with Gasteiger partial charge < -0.3 is 30.0 Å². The van der Waals surface area contributed by atoms with E-state index in [1.54, 1.807) is 12.2 Å². The first-order chi connectivity index (χ1) is 8.42. The molecule has 0 unspecified atom stereocenters. The van der Waals surface area contributed by atoms with Gasteiger partial charge in [0.1, 0.15) is 18.3 Å². The van der Waals surface area contributed by atoms with Crippen molar-refractivity contribution in [2.45, 2.75) is 31.3 Å². The first kappa shape index (κ1) is 19.3. The van der Waals surface area contributed by atoms with Crippen LogP contribution < -0.4 is 0 Å². The maximum Gasteiger partial charge on any atom is 0.151 e. The van der Waals surface area contributed by atoms with E-state index in [0.29, 0.717) is 13.2 Å². The molecule has 0 spiro atoms. The highest BCUT2D eigenvalue weighted by molar-refractivity contribution is 5.56. The summed E-state index contributed by atoms with van der Waals surface area (Å²) in [5.74, 6) is 0. The third-order valence-corrected chi connectivity index (χ3v) is 1.80. The summed E-state index contributed by atoms with van der Waals surface area (Å²) in [6.45, 7) is 9.42. The van der Waals surface area contributed by atoms with Crippen LogP contribution in [0.3, 0.4) is 0 Å². The predicted octanol–water partition coefficient (Wildman–Crippen LogP) is -0.976. The van der Waals surface area contributed by atoms with Crippen molar-refractivity contribution in [3.63, 3.8) is 0 Å². The smallest absolute Gasteiger partial charge is 0.151 e. The Balaban J connectivity index is 0. The zero-order valence-corrected chi connectivity index (χ0v) is 10.5. The first-order valence-electron chi connectivity index (χ1n) is 5.39. The van der Waals surface area contributed by atoms with E-state index in [-0.39, 0.29) is 6.29 Å². The molecule has 18 heavy (non-hydrogen) atoms. The lowest BCUT2D eigenvalue weighted by Gasteiger charge is -2.21. The highest BCUT2D eigenvalue weighted by Gasteiger charge is 2.27. The molecule has 106 valence electrons. The molecule has 0 aromatic rings. The molecule has 0 saturated carbocycles. The van der Waals surface area contributed by atoms with Gasteiger partial charge in [0.15, 0.2) is 6.29 Å². The SMILES string of the molecule is C=CCOCC=C.C[C@H](O)[C@H](O)[C@@H](O)[C@@H](O)C=O. The topological polar surface area (TPSA) is 107 Å². The van der Waals surface area contributed by atoms with Gasteiger partial charge in [0.05, 0.1) is 19.3 Å². The third kappa shape index (κ3) is 10.1. The second-order valence-electron chi connectivity index (χ2n) is 3.46. The van der Waals surface area contributed by atoms with Crippen LogP contribution in [0.2, 0.25) is 0 Å². The predicted molar refractivity (Wildman–Crippen MR) is 67.0 cm³/mol. The second-order valence-corrected chi connectivity index (χ2v) is 3.46. The highest BCUT2D eigenvalue weighted by Crippen LogP contribution is 2.02. The molecule has 0 aliphatic heterocycles. The minimum atomic E-state index is -1.65. The number of hydrogen-bond donors (Lipinski definition) is 4. The summed E-state index contributed by atoms with van der Waals surface area (Å²) in [5.41, 5.74) is 0. The lowest BCUT2D eigenvalue weighted by atomic mass is 10.1. The average molecular weight is 262 g/mol. The maximum atomic E-state index is 9.87. The average Bonchev–Trinajstić information content (AvgIpc) is 2.37. The van der Waals surface area contributed by atoms with Gasteiger partial charge in [0.25, 0.3) is 0 Å². The minimum absolute atomic E-state index is 0.0935. The monoisotopic (exact) mass is 262 g/mol. The number of aliphatic hydroxyl groups is 4. The van der Waals surface area contributed by atoms with Crippen LogP contribution >= 0.6 is 0 Å². The molecule has 6 heteroatoms. The van der Waals surface area contributed by atoms with E-state index in [0.717, 1.165) is 0 Å². The van der Waals surface area contributed by atoms with Gasteiger partial charge in [-0.3, -0.25) is 0 Å². The van der Waals surface area contributed by atoms with E-state index in [1.807, 2.05) is 0 Å². The van der Waals surface area contributed by atoms with Gasteiger partial charge in [-0.25, -0.2) is 0 Å². The Bertz CT molecular complexity index is 221. The molecule has 6 nitrogen and oxygen atoms in total.